The van der Waals surface area contributed by atoms with Crippen LogP contribution in [0.5, 0.6) is 11.5 Å². The predicted octanol–water partition coefficient (Wildman–Crippen LogP) is 5.24. The molecule has 0 spiro atoms. The maximum Gasteiger partial charge on any atom is 0.274 e. The zero-order valence-corrected chi connectivity index (χ0v) is 16.7. The van der Waals surface area contributed by atoms with Crippen molar-refractivity contribution in [2.75, 3.05) is 17.4 Å². The number of ether oxygens (including phenoxy) is 2. The Labute approximate surface area is 169 Å². The number of amides is 1. The van der Waals surface area contributed by atoms with Gasteiger partial charge < -0.3 is 20.1 Å². The van der Waals surface area contributed by atoms with E-state index in [1.807, 2.05) is 6.07 Å². The second kappa shape index (κ2) is 7.83. The minimum absolute atomic E-state index is 0.194. The van der Waals surface area contributed by atoms with E-state index in [1.165, 1.54) is 5.56 Å². The number of rotatable bonds is 5. The van der Waals surface area contributed by atoms with Gasteiger partial charge in [-0.2, -0.15) is 0 Å². The van der Waals surface area contributed by atoms with Gasteiger partial charge in [-0.05, 0) is 48.2 Å². The molecule has 0 radical (unpaired) electrons. The molecule has 1 aromatic heterocycles. The number of nitrogens with zero attached hydrogens (tertiary/aromatic N) is 1. The molecule has 0 saturated carbocycles. The van der Waals surface area contributed by atoms with Gasteiger partial charge in [0.15, 0.2) is 11.5 Å². The Morgan fingerprint density at radius 3 is 2.69 bits per heavy atom. The van der Waals surface area contributed by atoms with Crippen LogP contribution in [0.3, 0.4) is 0 Å². The van der Waals surface area contributed by atoms with Crippen molar-refractivity contribution >= 4 is 23.0 Å². The van der Waals surface area contributed by atoms with Crippen molar-refractivity contribution in [2.24, 2.45) is 0 Å². The van der Waals surface area contributed by atoms with Crippen molar-refractivity contribution in [1.29, 1.82) is 0 Å². The third-order valence-electron chi connectivity index (χ3n) is 4.82. The molecule has 3 aromatic rings. The maximum atomic E-state index is 12.7. The van der Waals surface area contributed by atoms with E-state index in [2.05, 4.69) is 54.6 Å². The number of aromatic nitrogens is 1. The van der Waals surface area contributed by atoms with Crippen LogP contribution in [0.2, 0.25) is 0 Å². The average Bonchev–Trinajstić information content (AvgIpc) is 3.17. The van der Waals surface area contributed by atoms with E-state index < -0.39 is 0 Å². The van der Waals surface area contributed by atoms with E-state index in [9.17, 15) is 4.79 Å². The number of fused-ring (bicyclic) bond motifs is 1. The zero-order chi connectivity index (χ0) is 20.4. The Morgan fingerprint density at radius 1 is 1.03 bits per heavy atom. The quantitative estimate of drug-likeness (QED) is 0.624. The molecule has 2 N–H and O–H groups in total. The summed E-state index contributed by atoms with van der Waals surface area (Å²) in [4.78, 5) is 16.9. The fourth-order valence-corrected chi connectivity index (χ4v) is 3.29. The molecule has 6 heteroatoms. The van der Waals surface area contributed by atoms with E-state index in [4.69, 9.17) is 9.47 Å². The molecule has 0 saturated heterocycles. The van der Waals surface area contributed by atoms with Gasteiger partial charge in [0.2, 0.25) is 6.79 Å². The third-order valence-corrected chi connectivity index (χ3v) is 4.82. The van der Waals surface area contributed by atoms with Crippen LogP contribution in [0.1, 0.15) is 41.4 Å². The topological polar surface area (TPSA) is 72.5 Å². The number of carbonyl (C=O) groups excluding carboxylic acids is 1. The highest BCUT2D eigenvalue weighted by Crippen LogP contribution is 2.34. The first-order valence-electron chi connectivity index (χ1n) is 9.55. The Morgan fingerprint density at radius 2 is 1.86 bits per heavy atom. The fraction of sp³-hybridized carbons (Fsp3) is 0.217. The molecule has 1 aliphatic heterocycles. The number of pyridine rings is 1. The van der Waals surface area contributed by atoms with Crippen molar-refractivity contribution in [3.8, 4) is 11.5 Å². The average molecular weight is 389 g/mol. The molecule has 6 nitrogen and oxygen atoms in total. The van der Waals surface area contributed by atoms with Crippen LogP contribution in [-0.4, -0.2) is 17.7 Å². The van der Waals surface area contributed by atoms with Crippen molar-refractivity contribution in [3.63, 3.8) is 0 Å². The summed E-state index contributed by atoms with van der Waals surface area (Å²) in [6.45, 7) is 6.59. The second-order valence-electron chi connectivity index (χ2n) is 7.27. The van der Waals surface area contributed by atoms with E-state index in [0.29, 0.717) is 28.8 Å². The summed E-state index contributed by atoms with van der Waals surface area (Å²) in [5.41, 5.74) is 5.21. The lowest BCUT2D eigenvalue weighted by atomic mass is 9.98. The summed E-state index contributed by atoms with van der Waals surface area (Å²) in [5, 5.41) is 6.31. The molecule has 2 heterocycles. The molecular weight excluding hydrogens is 366 g/mol. The summed E-state index contributed by atoms with van der Waals surface area (Å²) < 4.78 is 10.7. The number of para-hydroxylation sites is 1. The SMILES string of the molecule is Cc1cccc(C(C)C)c1Nc1ccnc(C(=O)Nc2ccc3c(c2)OCO3)c1. The Bertz CT molecular complexity index is 1060. The van der Waals surface area contributed by atoms with Gasteiger partial charge in [-0.3, -0.25) is 9.78 Å². The van der Waals surface area contributed by atoms with Gasteiger partial charge in [0.05, 0.1) is 0 Å². The molecule has 2 aromatic carbocycles. The lowest BCUT2D eigenvalue weighted by Crippen LogP contribution is -2.14. The largest absolute Gasteiger partial charge is 0.454 e. The number of hydrogen-bond acceptors (Lipinski definition) is 5. The number of nitrogens with one attached hydrogen (secondary N) is 2. The smallest absolute Gasteiger partial charge is 0.274 e. The molecule has 0 bridgehead atoms. The Hall–Kier alpha value is -3.54. The van der Waals surface area contributed by atoms with Crippen molar-refractivity contribution in [2.45, 2.75) is 26.7 Å². The first-order chi connectivity index (χ1) is 14.0. The van der Waals surface area contributed by atoms with Crippen LogP contribution in [-0.2, 0) is 0 Å². The maximum absolute atomic E-state index is 12.7. The van der Waals surface area contributed by atoms with Gasteiger partial charge in [0.25, 0.3) is 5.91 Å². The number of aryl methyl sites for hydroxylation is 1. The van der Waals surface area contributed by atoms with Gasteiger partial charge in [0.1, 0.15) is 5.69 Å². The summed E-state index contributed by atoms with van der Waals surface area (Å²) in [7, 11) is 0. The van der Waals surface area contributed by atoms with Gasteiger partial charge in [-0.1, -0.05) is 32.0 Å². The molecule has 1 amide bonds. The normalized spacial score (nSPS) is 12.1. The molecule has 0 atom stereocenters. The predicted molar refractivity (Wildman–Crippen MR) is 113 cm³/mol. The molecule has 148 valence electrons. The first kappa shape index (κ1) is 18.8. The summed E-state index contributed by atoms with van der Waals surface area (Å²) in [6.07, 6.45) is 1.63. The standard InChI is InChI=1S/C23H23N3O3/c1-14(2)18-6-4-5-15(3)22(18)25-17-9-10-24-19(11-17)23(27)26-16-7-8-20-21(12-16)29-13-28-20/h4-12,14H,13H2,1-3H3,(H,24,25)(H,26,27). The molecule has 0 aliphatic carbocycles. The molecular formula is C23H23N3O3. The lowest BCUT2D eigenvalue weighted by Gasteiger charge is -2.17. The van der Waals surface area contributed by atoms with E-state index in [-0.39, 0.29) is 12.7 Å². The van der Waals surface area contributed by atoms with Crippen molar-refractivity contribution in [1.82, 2.24) is 4.98 Å². The molecule has 0 fully saturated rings. The zero-order valence-electron chi connectivity index (χ0n) is 16.7. The van der Waals surface area contributed by atoms with Gasteiger partial charge in [-0.25, -0.2) is 0 Å². The van der Waals surface area contributed by atoms with Gasteiger partial charge in [-0.15, -0.1) is 0 Å². The van der Waals surface area contributed by atoms with Crippen LogP contribution < -0.4 is 20.1 Å². The molecule has 0 unspecified atom stereocenters. The van der Waals surface area contributed by atoms with E-state index in [0.717, 1.165) is 16.9 Å². The third kappa shape index (κ3) is 4.01. The summed E-state index contributed by atoms with van der Waals surface area (Å²) in [5.74, 6) is 1.38. The second-order valence-corrected chi connectivity index (χ2v) is 7.27. The van der Waals surface area contributed by atoms with E-state index in [1.54, 1.807) is 30.5 Å². The number of hydrogen-bond donors (Lipinski definition) is 2. The lowest BCUT2D eigenvalue weighted by molar-refractivity contribution is 0.102. The minimum atomic E-state index is -0.290. The molecule has 1 aliphatic rings. The number of benzene rings is 2. The monoisotopic (exact) mass is 389 g/mol. The summed E-state index contributed by atoms with van der Waals surface area (Å²) in [6, 6.07) is 15.1. The van der Waals surface area contributed by atoms with Gasteiger partial charge >= 0.3 is 0 Å². The minimum Gasteiger partial charge on any atom is -0.454 e. The highest BCUT2D eigenvalue weighted by molar-refractivity contribution is 6.03. The number of anilines is 3. The van der Waals surface area contributed by atoms with Crippen LogP contribution >= 0.6 is 0 Å². The molecule has 29 heavy (non-hydrogen) atoms. The van der Waals surface area contributed by atoms with Crippen molar-refractivity contribution < 1.29 is 14.3 Å². The van der Waals surface area contributed by atoms with Crippen molar-refractivity contribution in [3.05, 3.63) is 71.5 Å². The fourth-order valence-electron chi connectivity index (χ4n) is 3.29. The van der Waals surface area contributed by atoms with Gasteiger partial charge in [0, 0.05) is 29.3 Å². The highest BCUT2D eigenvalue weighted by Gasteiger charge is 2.16. The molecule has 4 rings (SSSR count). The van der Waals surface area contributed by atoms with Crippen LogP contribution in [0.4, 0.5) is 17.1 Å². The van der Waals surface area contributed by atoms with Crippen LogP contribution in [0, 0.1) is 6.92 Å². The highest BCUT2D eigenvalue weighted by atomic mass is 16.7. The Balaban J connectivity index is 1.54. The van der Waals surface area contributed by atoms with Crippen LogP contribution in [0.25, 0.3) is 0 Å². The summed E-state index contributed by atoms with van der Waals surface area (Å²) >= 11 is 0. The van der Waals surface area contributed by atoms with E-state index >= 15 is 0 Å². The first-order valence-corrected chi connectivity index (χ1v) is 9.55. The van der Waals surface area contributed by atoms with Crippen LogP contribution in [0.15, 0.2) is 54.7 Å². The number of carbonyl (C=O) groups is 1. The Kier molecular flexibility index (Phi) is 5.08.